The summed E-state index contributed by atoms with van der Waals surface area (Å²) in [6, 6.07) is 0. The summed E-state index contributed by atoms with van der Waals surface area (Å²) in [7, 11) is 0. The summed E-state index contributed by atoms with van der Waals surface area (Å²) in [4.78, 5) is 12.8. The van der Waals surface area contributed by atoms with Gasteiger partial charge in [-0.25, -0.2) is 0 Å². The average Bonchev–Trinajstić information content (AvgIpc) is 2.89. The lowest BCUT2D eigenvalue weighted by Gasteiger charge is -2.14. The number of nitrogens with zero attached hydrogens (tertiary/aromatic N) is 4. The highest BCUT2D eigenvalue weighted by atomic mass is 32.1. The van der Waals surface area contributed by atoms with Gasteiger partial charge in [0.25, 0.3) is 0 Å². The Balaban J connectivity index is 2.02. The molecule has 7 heteroatoms. The number of hydrogen-bond donors (Lipinski definition) is 0. The van der Waals surface area contributed by atoms with Gasteiger partial charge < -0.3 is 4.74 Å². The number of hydrogen-bond acceptors (Lipinski definition) is 6. The van der Waals surface area contributed by atoms with Crippen molar-refractivity contribution in [3.8, 4) is 0 Å². The number of carbonyl (C=O) groups is 1. The zero-order valence-corrected chi connectivity index (χ0v) is 13.0. The third-order valence-corrected chi connectivity index (χ3v) is 4.59. The zero-order chi connectivity index (χ0) is 14.5. The van der Waals surface area contributed by atoms with Gasteiger partial charge >= 0.3 is 5.97 Å². The second kappa shape index (κ2) is 4.25. The first kappa shape index (κ1) is 13.5. The van der Waals surface area contributed by atoms with Gasteiger partial charge in [0.2, 0.25) is 4.96 Å². The summed E-state index contributed by atoms with van der Waals surface area (Å²) < 4.78 is 6.94. The van der Waals surface area contributed by atoms with Crippen LogP contribution < -0.4 is 0 Å². The molecule has 0 radical (unpaired) electrons. The van der Waals surface area contributed by atoms with E-state index in [1.54, 1.807) is 4.52 Å². The minimum absolute atomic E-state index is 0.134. The molecule has 1 saturated carbocycles. The Morgan fingerprint density at radius 1 is 1.40 bits per heavy atom. The minimum Gasteiger partial charge on any atom is -0.465 e. The van der Waals surface area contributed by atoms with Crippen LogP contribution in [0.2, 0.25) is 0 Å². The molecule has 3 rings (SSSR count). The summed E-state index contributed by atoms with van der Waals surface area (Å²) in [6.07, 6.45) is 1.61. The van der Waals surface area contributed by atoms with Crippen molar-refractivity contribution in [2.24, 2.45) is 0 Å². The molecule has 0 atom stereocenters. The normalized spacial score (nSPS) is 17.4. The third-order valence-electron chi connectivity index (χ3n) is 3.49. The fourth-order valence-electron chi connectivity index (χ4n) is 2.18. The van der Waals surface area contributed by atoms with E-state index >= 15 is 0 Å². The maximum Gasteiger partial charge on any atom is 0.319 e. The predicted octanol–water partition coefficient (Wildman–Crippen LogP) is 2.08. The first-order chi connectivity index (χ1) is 9.38. The van der Waals surface area contributed by atoms with E-state index in [0.717, 1.165) is 28.6 Å². The lowest BCUT2D eigenvalue weighted by molar-refractivity contribution is -0.146. The molecule has 1 aliphatic carbocycles. The second-order valence-corrected chi connectivity index (χ2v) is 7.13. The highest BCUT2D eigenvalue weighted by Gasteiger charge is 2.56. The van der Waals surface area contributed by atoms with Gasteiger partial charge in [0, 0.05) is 5.41 Å². The van der Waals surface area contributed by atoms with Crippen LogP contribution in [0.5, 0.6) is 0 Å². The number of esters is 1. The van der Waals surface area contributed by atoms with Crippen molar-refractivity contribution in [1.82, 2.24) is 19.8 Å². The molecule has 6 nitrogen and oxygen atoms in total. The van der Waals surface area contributed by atoms with Crippen molar-refractivity contribution in [2.75, 3.05) is 6.61 Å². The largest absolute Gasteiger partial charge is 0.465 e. The Kier molecular flexibility index (Phi) is 2.86. The van der Waals surface area contributed by atoms with E-state index in [9.17, 15) is 4.79 Å². The van der Waals surface area contributed by atoms with Crippen molar-refractivity contribution in [2.45, 2.75) is 51.4 Å². The van der Waals surface area contributed by atoms with Crippen LogP contribution in [-0.2, 0) is 20.4 Å². The maximum absolute atomic E-state index is 12.1. The molecule has 0 spiro atoms. The Labute approximate surface area is 121 Å². The molecule has 0 aromatic carbocycles. The molecule has 0 aliphatic heterocycles. The molecular formula is C13H18N4O2S. The van der Waals surface area contributed by atoms with Gasteiger partial charge in [-0.2, -0.15) is 9.61 Å². The van der Waals surface area contributed by atoms with E-state index in [2.05, 4.69) is 36.1 Å². The molecule has 20 heavy (non-hydrogen) atoms. The van der Waals surface area contributed by atoms with Gasteiger partial charge in [0.15, 0.2) is 5.82 Å². The van der Waals surface area contributed by atoms with Gasteiger partial charge in [-0.3, -0.25) is 4.79 Å². The Morgan fingerprint density at radius 2 is 2.10 bits per heavy atom. The number of aromatic nitrogens is 4. The SMILES string of the molecule is CCOC(=O)C1(c2nn3c(C(C)(C)C)nnc3s2)CC1. The first-order valence-corrected chi connectivity index (χ1v) is 7.60. The summed E-state index contributed by atoms with van der Waals surface area (Å²) >= 11 is 1.44. The van der Waals surface area contributed by atoms with Crippen molar-refractivity contribution in [3.63, 3.8) is 0 Å². The third kappa shape index (κ3) is 1.91. The van der Waals surface area contributed by atoms with Crippen LogP contribution in [0.4, 0.5) is 0 Å². The summed E-state index contributed by atoms with van der Waals surface area (Å²) in [5, 5.41) is 13.7. The summed E-state index contributed by atoms with van der Waals surface area (Å²) in [6.45, 7) is 8.43. The monoisotopic (exact) mass is 294 g/mol. The van der Waals surface area contributed by atoms with E-state index in [1.807, 2.05) is 6.92 Å². The number of rotatable bonds is 3. The van der Waals surface area contributed by atoms with E-state index in [-0.39, 0.29) is 11.4 Å². The maximum atomic E-state index is 12.1. The van der Waals surface area contributed by atoms with Gasteiger partial charge in [-0.1, -0.05) is 32.1 Å². The van der Waals surface area contributed by atoms with E-state index in [4.69, 9.17) is 4.74 Å². The standard InChI is InChI=1S/C13H18N4O2S/c1-5-19-10(18)13(6-7-13)9-16-17-8(12(2,3)4)14-15-11(17)20-9/h5-7H2,1-4H3. The molecule has 108 valence electrons. The quantitative estimate of drug-likeness (QED) is 0.811. The minimum atomic E-state index is -0.531. The van der Waals surface area contributed by atoms with E-state index in [0.29, 0.717) is 6.61 Å². The number of carbonyl (C=O) groups excluding carboxylic acids is 1. The van der Waals surface area contributed by atoms with Gasteiger partial charge in [-0.05, 0) is 19.8 Å². The van der Waals surface area contributed by atoms with Gasteiger partial charge in [0.05, 0.1) is 6.61 Å². The van der Waals surface area contributed by atoms with Crippen LogP contribution in [0.1, 0.15) is 51.4 Å². The molecule has 1 aliphatic rings. The molecule has 2 aromatic rings. The molecule has 0 unspecified atom stereocenters. The molecule has 1 fully saturated rings. The van der Waals surface area contributed by atoms with Crippen LogP contribution in [0.25, 0.3) is 4.96 Å². The van der Waals surface area contributed by atoms with Gasteiger partial charge in [0.1, 0.15) is 10.4 Å². The van der Waals surface area contributed by atoms with Crippen molar-refractivity contribution in [3.05, 3.63) is 10.8 Å². The Hall–Kier alpha value is -1.50. The summed E-state index contributed by atoms with van der Waals surface area (Å²) in [5.41, 5.74) is -0.665. The van der Waals surface area contributed by atoms with Crippen molar-refractivity contribution >= 4 is 22.3 Å². The molecule has 2 aromatic heterocycles. The molecule has 0 amide bonds. The summed E-state index contributed by atoms with van der Waals surface area (Å²) in [5.74, 6) is 0.650. The number of fused-ring (bicyclic) bond motifs is 1. The first-order valence-electron chi connectivity index (χ1n) is 6.79. The van der Waals surface area contributed by atoms with Crippen LogP contribution in [0.3, 0.4) is 0 Å². The Bertz CT molecular complexity index is 664. The number of ether oxygens (including phenoxy) is 1. The van der Waals surface area contributed by atoms with Crippen LogP contribution in [0.15, 0.2) is 0 Å². The lowest BCUT2D eigenvalue weighted by Crippen LogP contribution is -2.24. The fraction of sp³-hybridized carbons (Fsp3) is 0.692. The van der Waals surface area contributed by atoms with E-state index < -0.39 is 5.41 Å². The molecular weight excluding hydrogens is 276 g/mol. The van der Waals surface area contributed by atoms with Crippen LogP contribution in [0, 0.1) is 0 Å². The molecule has 2 heterocycles. The zero-order valence-electron chi connectivity index (χ0n) is 12.1. The molecule has 0 bridgehead atoms. The highest BCUT2D eigenvalue weighted by Crippen LogP contribution is 2.50. The van der Waals surface area contributed by atoms with Crippen molar-refractivity contribution in [1.29, 1.82) is 0 Å². The van der Waals surface area contributed by atoms with E-state index in [1.165, 1.54) is 11.3 Å². The smallest absolute Gasteiger partial charge is 0.319 e. The van der Waals surface area contributed by atoms with Crippen LogP contribution >= 0.6 is 11.3 Å². The molecule has 0 N–H and O–H groups in total. The predicted molar refractivity (Wildman–Crippen MR) is 74.9 cm³/mol. The lowest BCUT2D eigenvalue weighted by atomic mass is 9.96. The Morgan fingerprint density at radius 3 is 2.65 bits per heavy atom. The second-order valence-electron chi connectivity index (χ2n) is 6.18. The van der Waals surface area contributed by atoms with Gasteiger partial charge in [-0.15, -0.1) is 10.2 Å². The fourth-order valence-corrected chi connectivity index (χ4v) is 3.25. The van der Waals surface area contributed by atoms with Crippen molar-refractivity contribution < 1.29 is 9.53 Å². The average molecular weight is 294 g/mol. The highest BCUT2D eigenvalue weighted by molar-refractivity contribution is 7.17. The molecule has 0 saturated heterocycles. The van der Waals surface area contributed by atoms with Crippen LogP contribution in [-0.4, -0.2) is 32.4 Å². The topological polar surface area (TPSA) is 69.4 Å².